The third-order valence-electron chi connectivity index (χ3n) is 16.3. The number of esters is 2. The highest BCUT2D eigenvalue weighted by atomic mass is 31.2. The van der Waals surface area contributed by atoms with Crippen LogP contribution in [0.3, 0.4) is 0 Å². The maximum atomic E-state index is 13.6. The van der Waals surface area contributed by atoms with Crippen LogP contribution in [0.4, 0.5) is 0 Å². The van der Waals surface area contributed by atoms with Gasteiger partial charge in [0.15, 0.2) is 0 Å². The molecule has 0 spiro atoms. The summed E-state index contributed by atoms with van der Waals surface area (Å²) in [4.78, 5) is 117. The third kappa shape index (κ3) is 14.1. The molecule has 4 aliphatic rings. The third-order valence-corrected chi connectivity index (χ3v) is 23.5. The van der Waals surface area contributed by atoms with Crippen molar-refractivity contribution >= 4 is 54.6 Å². The Labute approximate surface area is 404 Å². The summed E-state index contributed by atoms with van der Waals surface area (Å²) in [5.41, 5.74) is -1.33. The lowest BCUT2D eigenvalue weighted by atomic mass is 9.43. The van der Waals surface area contributed by atoms with Crippen LogP contribution in [-0.4, -0.2) is 114 Å². The summed E-state index contributed by atoms with van der Waals surface area (Å²) in [6.07, 6.45) is 5.69. The fourth-order valence-electron chi connectivity index (χ4n) is 12.6. The van der Waals surface area contributed by atoms with Crippen LogP contribution >= 0.6 is 30.8 Å². The van der Waals surface area contributed by atoms with E-state index in [1.165, 1.54) is 0 Å². The topological polar surface area (TPSA) is 381 Å². The van der Waals surface area contributed by atoms with Crippen molar-refractivity contribution in [3.8, 4) is 0 Å². The summed E-state index contributed by atoms with van der Waals surface area (Å²) in [5, 5.41) is 30.2. The van der Waals surface area contributed by atoms with Crippen molar-refractivity contribution in [2.75, 3.05) is 13.1 Å². The number of carbonyl (C=O) groups excluding carboxylic acids is 4. The van der Waals surface area contributed by atoms with E-state index in [1.807, 2.05) is 6.92 Å². The molecule has 0 heterocycles. The second-order valence-electron chi connectivity index (χ2n) is 20.8. The van der Waals surface area contributed by atoms with Crippen molar-refractivity contribution in [3.63, 3.8) is 0 Å². The molecular formula is C43H77N2O20P4+. The summed E-state index contributed by atoms with van der Waals surface area (Å²) >= 11 is 0. The van der Waals surface area contributed by atoms with E-state index >= 15 is 0 Å². The molecule has 0 aromatic carbocycles. The molecule has 4 aliphatic carbocycles. The molecule has 0 aromatic heterocycles. The summed E-state index contributed by atoms with van der Waals surface area (Å²) in [5.74, 6) is -2.07. The number of hydrogen-bond acceptors (Lipinski definition) is 13. The van der Waals surface area contributed by atoms with Crippen LogP contribution in [0, 0.1) is 40.4 Å². The number of amides is 2. The van der Waals surface area contributed by atoms with Crippen LogP contribution in [0.15, 0.2) is 0 Å². The van der Waals surface area contributed by atoms with E-state index in [4.69, 9.17) is 9.47 Å². The largest absolute Gasteiger partial charge is 0.554 e. The Balaban J connectivity index is 1.42. The molecule has 0 aromatic rings. The van der Waals surface area contributed by atoms with Crippen LogP contribution in [-0.2, 0) is 46.9 Å². The molecule has 22 nitrogen and oxygen atoms in total. The van der Waals surface area contributed by atoms with Gasteiger partial charge in [0.05, 0.1) is 18.4 Å². The molecule has 0 radical (unpaired) electrons. The minimum Gasteiger partial charge on any atom is -0.462 e. The van der Waals surface area contributed by atoms with E-state index < -0.39 is 102 Å². The number of fused-ring (bicyclic) bond motifs is 5. The Morgan fingerprint density at radius 2 is 1.19 bits per heavy atom. The maximum absolute atomic E-state index is 13.6. The normalized spacial score (nSPS) is 30.3. The predicted octanol–water partition coefficient (Wildman–Crippen LogP) is 4.71. The number of carbonyl (C=O) groups is 4. The number of hydrogen-bond donors (Lipinski definition) is 12. The summed E-state index contributed by atoms with van der Waals surface area (Å²) in [7, 11) is -20.4. The average molecular weight is 1070 g/mol. The van der Waals surface area contributed by atoms with Crippen molar-refractivity contribution in [2.24, 2.45) is 40.4 Å². The Morgan fingerprint density at radius 3 is 1.72 bits per heavy atom. The average Bonchev–Trinajstić information content (AvgIpc) is 3.61. The van der Waals surface area contributed by atoms with Gasteiger partial charge in [-0.2, -0.15) is 4.89 Å². The molecule has 0 saturated heterocycles. The second kappa shape index (κ2) is 23.6. The summed E-state index contributed by atoms with van der Waals surface area (Å²) in [6, 6.07) is 0. The fourth-order valence-corrected chi connectivity index (χ4v) is 16.5. The second-order valence-corrected chi connectivity index (χ2v) is 28.3. The minimum absolute atomic E-state index is 0.0913. The highest BCUT2D eigenvalue weighted by molar-refractivity contribution is 7.72. The van der Waals surface area contributed by atoms with E-state index in [0.717, 1.165) is 57.8 Å². The molecule has 4 rings (SSSR count). The van der Waals surface area contributed by atoms with Gasteiger partial charge in [-0.3, -0.25) is 32.9 Å². The zero-order chi connectivity index (χ0) is 52.0. The highest BCUT2D eigenvalue weighted by Gasteiger charge is 2.65. The van der Waals surface area contributed by atoms with Crippen LogP contribution in [0.1, 0.15) is 163 Å². The first-order chi connectivity index (χ1) is 31.8. The van der Waals surface area contributed by atoms with Crippen LogP contribution in [0.25, 0.3) is 0 Å². The van der Waals surface area contributed by atoms with E-state index in [1.54, 1.807) is 0 Å². The zero-order valence-corrected chi connectivity index (χ0v) is 43.7. The van der Waals surface area contributed by atoms with Crippen molar-refractivity contribution < 1.29 is 96.5 Å². The highest BCUT2D eigenvalue weighted by Crippen LogP contribution is 2.71. The first-order valence-corrected chi connectivity index (χ1v) is 30.2. The molecule has 12 atom stereocenters. The molecule has 4 saturated carbocycles. The van der Waals surface area contributed by atoms with Crippen molar-refractivity contribution in [1.82, 2.24) is 10.6 Å². The fraction of sp³-hybridized carbons (Fsp3) is 0.907. The Bertz CT molecular complexity index is 1970. The molecule has 69 heavy (non-hydrogen) atoms. The van der Waals surface area contributed by atoms with Gasteiger partial charge in [-0.25, -0.2) is 0 Å². The standard InChI is InChI=1S/C43H76N2O20P4/c1-5-6-7-8-19-41(4,50)34-12-11-30-29-27-33(65-38(49)16-14-36(47)45-25-10-21-43(52,68(58,59)60)69(61,62)63)32-26-28(17-22-39(32,2)31(29)18-23-40(30,34)3)64-37(48)15-13-35(46)44-24-9-20-42(51,66(53)54)67(55,56)57/h28-34,50-52H,5-27H2,1-4H3,(H8-,44,45,46,47,53,54,55,56,57,58,59,60,61,62,63)/p+1/t28-,29-,30-,31-,32+,33-,34-,39+,40-,41-,42?/m0/s1. The quantitative estimate of drug-likeness (QED) is 0.0317. The van der Waals surface area contributed by atoms with Gasteiger partial charge < -0.3 is 64.8 Å². The Hall–Kier alpha value is -1.73. The molecule has 4 fully saturated rings. The lowest BCUT2D eigenvalue weighted by Crippen LogP contribution is -2.60. The number of nitrogens with one attached hydrogen (secondary N) is 2. The predicted molar refractivity (Wildman–Crippen MR) is 249 cm³/mol. The van der Waals surface area contributed by atoms with Crippen LogP contribution in [0.2, 0.25) is 0 Å². The van der Waals surface area contributed by atoms with Crippen molar-refractivity contribution in [1.29, 1.82) is 0 Å². The first kappa shape index (κ1) is 59.8. The molecular weight excluding hydrogens is 988 g/mol. The van der Waals surface area contributed by atoms with Gasteiger partial charge >= 0.3 is 47.8 Å². The Morgan fingerprint density at radius 1 is 0.652 bits per heavy atom. The summed E-state index contributed by atoms with van der Waals surface area (Å²) < 4.78 is 58.5. The molecule has 26 heteroatoms. The maximum Gasteiger partial charge on any atom is 0.554 e. The van der Waals surface area contributed by atoms with Crippen molar-refractivity contribution in [3.05, 3.63) is 0 Å². The first-order valence-electron chi connectivity index (χ1n) is 24.2. The van der Waals surface area contributed by atoms with Gasteiger partial charge in [0.2, 0.25) is 11.8 Å². The molecule has 0 bridgehead atoms. The minimum atomic E-state index is -5.67. The molecule has 12 N–H and O–H groups in total. The number of rotatable bonds is 26. The van der Waals surface area contributed by atoms with Crippen LogP contribution in [0.5, 0.6) is 0 Å². The van der Waals surface area contributed by atoms with Crippen molar-refractivity contribution in [2.45, 2.75) is 191 Å². The van der Waals surface area contributed by atoms with E-state index in [0.29, 0.717) is 25.7 Å². The van der Waals surface area contributed by atoms with Gasteiger partial charge in [0, 0.05) is 44.7 Å². The number of unbranched alkanes of at least 4 members (excludes halogenated alkanes) is 3. The summed E-state index contributed by atoms with van der Waals surface area (Å²) in [6.45, 7) is 8.13. The smallest absolute Gasteiger partial charge is 0.462 e. The molecule has 2 amide bonds. The lowest BCUT2D eigenvalue weighted by molar-refractivity contribution is -0.201. The molecule has 0 aliphatic heterocycles. The monoisotopic (exact) mass is 1070 g/mol. The van der Waals surface area contributed by atoms with Gasteiger partial charge in [0.1, 0.15) is 12.2 Å². The SMILES string of the molecule is CCCCCC[C@](C)(O)[C@H]1CC[C@H]2[C@@H]3C[C@H](OC(=O)CCC(=O)NCCCC(O)(P(=O)(O)O)P(=O)(O)O)[C@H]4C[C@@H](OC(=O)CCC(=O)NCCCC(O)([P+](=O)O)P(=O)(O)O)CC[C@]4(C)[C@H]3CC[C@@]21C. The number of ether oxygens (including phenoxy) is 2. The van der Waals surface area contributed by atoms with Gasteiger partial charge in [-0.15, -0.1) is 0 Å². The van der Waals surface area contributed by atoms with Gasteiger partial charge in [0.25, 0.3) is 5.08 Å². The van der Waals surface area contributed by atoms with E-state index in [9.17, 15) is 87.0 Å². The van der Waals surface area contributed by atoms with Crippen LogP contribution < -0.4 is 10.6 Å². The Kier molecular flexibility index (Phi) is 20.5. The molecule has 2 unspecified atom stereocenters. The number of aliphatic hydroxyl groups is 3. The van der Waals surface area contributed by atoms with Gasteiger partial charge in [-0.05, 0) is 117 Å². The van der Waals surface area contributed by atoms with E-state index in [2.05, 4.69) is 31.4 Å². The zero-order valence-electron chi connectivity index (χ0n) is 40.1. The lowest BCUT2D eigenvalue weighted by Gasteiger charge is -2.63. The van der Waals surface area contributed by atoms with E-state index in [-0.39, 0.29) is 85.6 Å². The molecule has 398 valence electrons. The van der Waals surface area contributed by atoms with Gasteiger partial charge in [-0.1, -0.05) is 46.5 Å².